The Kier molecular flexibility index (Phi) is 3.77. The molecule has 0 spiro atoms. The largest absolute Gasteiger partial charge is 0.386 e. The van der Waals surface area contributed by atoms with E-state index >= 15 is 0 Å². The van der Waals surface area contributed by atoms with E-state index in [2.05, 4.69) is 9.71 Å². The molecule has 1 aliphatic heterocycles. The van der Waals surface area contributed by atoms with Crippen LogP contribution in [0.15, 0.2) is 28.2 Å². The third kappa shape index (κ3) is 2.86. The van der Waals surface area contributed by atoms with Crippen molar-refractivity contribution in [3.8, 4) is 0 Å². The van der Waals surface area contributed by atoms with E-state index in [0.717, 1.165) is 12.3 Å². The number of H-pyrrole nitrogens is 1. The summed E-state index contributed by atoms with van der Waals surface area (Å²) < 4.78 is 31.4. The lowest BCUT2D eigenvalue weighted by molar-refractivity contribution is -0.0228. The molecule has 1 saturated heterocycles. The first kappa shape index (κ1) is 14.2. The summed E-state index contributed by atoms with van der Waals surface area (Å²) in [5.74, 6) is 0. The number of hydrogen-bond donors (Lipinski definition) is 3. The van der Waals surface area contributed by atoms with Gasteiger partial charge in [-0.05, 0) is 6.92 Å². The summed E-state index contributed by atoms with van der Waals surface area (Å²) >= 11 is 0. The van der Waals surface area contributed by atoms with Crippen LogP contribution in [-0.2, 0) is 14.8 Å². The Morgan fingerprint density at radius 1 is 1.63 bits per heavy atom. The van der Waals surface area contributed by atoms with Crippen LogP contribution < -0.4 is 10.2 Å². The highest BCUT2D eigenvalue weighted by molar-refractivity contribution is 7.89. The second-order valence-electron chi connectivity index (χ2n) is 4.56. The third-order valence-electron chi connectivity index (χ3n) is 3.31. The summed E-state index contributed by atoms with van der Waals surface area (Å²) in [6.07, 6.45) is 2.36. The molecule has 0 bridgehead atoms. The molecule has 3 N–H and O–H groups in total. The molecule has 2 rings (SSSR count). The molecule has 8 heteroatoms. The van der Waals surface area contributed by atoms with Gasteiger partial charge in [0, 0.05) is 38.0 Å². The SMILES string of the molecule is CC1OCCC1(O)CNS(=O)(=O)c1c[nH]ccc1=O. The maximum absolute atomic E-state index is 12.0. The van der Waals surface area contributed by atoms with Crippen molar-refractivity contribution in [2.45, 2.75) is 29.9 Å². The maximum Gasteiger partial charge on any atom is 0.246 e. The number of pyridine rings is 1. The lowest BCUT2D eigenvalue weighted by Crippen LogP contribution is -2.47. The van der Waals surface area contributed by atoms with Crippen molar-refractivity contribution in [2.75, 3.05) is 13.2 Å². The molecule has 2 heterocycles. The number of hydrogen-bond acceptors (Lipinski definition) is 5. The average molecular weight is 288 g/mol. The fourth-order valence-corrected chi connectivity index (χ4v) is 3.06. The smallest absolute Gasteiger partial charge is 0.246 e. The predicted octanol–water partition coefficient (Wildman–Crippen LogP) is -0.807. The summed E-state index contributed by atoms with van der Waals surface area (Å²) in [6.45, 7) is 1.87. The van der Waals surface area contributed by atoms with Crippen LogP contribution in [0.5, 0.6) is 0 Å². The number of aromatic nitrogens is 1. The topological polar surface area (TPSA) is 108 Å². The summed E-state index contributed by atoms with van der Waals surface area (Å²) in [5.41, 5.74) is -1.84. The van der Waals surface area contributed by atoms with E-state index in [1.807, 2.05) is 0 Å². The van der Waals surface area contributed by atoms with Gasteiger partial charge < -0.3 is 14.8 Å². The van der Waals surface area contributed by atoms with Gasteiger partial charge in [0.25, 0.3) is 0 Å². The van der Waals surface area contributed by atoms with E-state index in [4.69, 9.17) is 4.74 Å². The Morgan fingerprint density at radius 3 is 2.95 bits per heavy atom. The van der Waals surface area contributed by atoms with Crippen molar-refractivity contribution in [1.82, 2.24) is 9.71 Å². The second-order valence-corrected chi connectivity index (χ2v) is 6.30. The molecule has 0 radical (unpaired) electrons. The molecule has 7 nitrogen and oxygen atoms in total. The first-order valence-electron chi connectivity index (χ1n) is 5.86. The van der Waals surface area contributed by atoms with Crippen LogP contribution in [0.4, 0.5) is 0 Å². The van der Waals surface area contributed by atoms with Gasteiger partial charge in [0.2, 0.25) is 15.5 Å². The van der Waals surface area contributed by atoms with Crippen molar-refractivity contribution < 1.29 is 18.3 Å². The standard InChI is InChI=1S/C11H16N2O5S/c1-8-11(15,3-5-18-8)7-13-19(16,17)10-6-12-4-2-9(10)14/h2,4,6,8,13,15H,3,5,7H2,1H3,(H,12,14). The van der Waals surface area contributed by atoms with Crippen molar-refractivity contribution >= 4 is 10.0 Å². The van der Waals surface area contributed by atoms with Crippen LogP contribution in [0.25, 0.3) is 0 Å². The summed E-state index contributed by atoms with van der Waals surface area (Å²) in [7, 11) is -3.95. The zero-order chi connectivity index (χ0) is 14.1. The van der Waals surface area contributed by atoms with Gasteiger partial charge in [-0.3, -0.25) is 4.79 Å². The predicted molar refractivity (Wildman–Crippen MR) is 67.2 cm³/mol. The van der Waals surface area contributed by atoms with Crippen molar-refractivity contribution in [3.05, 3.63) is 28.7 Å². The summed E-state index contributed by atoms with van der Waals surface area (Å²) in [4.78, 5) is 13.7. The van der Waals surface area contributed by atoms with Crippen LogP contribution in [-0.4, -0.2) is 43.4 Å². The van der Waals surface area contributed by atoms with E-state index in [-0.39, 0.29) is 11.4 Å². The van der Waals surface area contributed by atoms with E-state index < -0.39 is 27.2 Å². The van der Waals surface area contributed by atoms with Crippen LogP contribution >= 0.6 is 0 Å². The minimum absolute atomic E-state index is 0.190. The van der Waals surface area contributed by atoms with Gasteiger partial charge in [0.1, 0.15) is 10.5 Å². The Morgan fingerprint density at radius 2 is 2.37 bits per heavy atom. The van der Waals surface area contributed by atoms with E-state index in [1.165, 1.54) is 6.20 Å². The molecule has 2 atom stereocenters. The zero-order valence-corrected chi connectivity index (χ0v) is 11.2. The van der Waals surface area contributed by atoms with E-state index in [1.54, 1.807) is 6.92 Å². The molecular formula is C11H16N2O5S. The average Bonchev–Trinajstić information content (AvgIpc) is 2.68. The quantitative estimate of drug-likeness (QED) is 0.671. The zero-order valence-electron chi connectivity index (χ0n) is 10.4. The Labute approximate surface area is 110 Å². The minimum Gasteiger partial charge on any atom is -0.386 e. The first-order valence-corrected chi connectivity index (χ1v) is 7.34. The van der Waals surface area contributed by atoms with Gasteiger partial charge in [0.15, 0.2) is 0 Å². The molecular weight excluding hydrogens is 272 g/mol. The molecule has 0 amide bonds. The highest BCUT2D eigenvalue weighted by atomic mass is 32.2. The fourth-order valence-electron chi connectivity index (χ4n) is 1.91. The van der Waals surface area contributed by atoms with E-state index in [9.17, 15) is 18.3 Å². The van der Waals surface area contributed by atoms with Gasteiger partial charge in [-0.15, -0.1) is 0 Å². The Bertz CT molecular complexity index is 612. The molecule has 0 saturated carbocycles. The van der Waals surface area contributed by atoms with Crippen molar-refractivity contribution in [1.29, 1.82) is 0 Å². The highest BCUT2D eigenvalue weighted by Crippen LogP contribution is 2.25. The van der Waals surface area contributed by atoms with Crippen molar-refractivity contribution in [2.24, 2.45) is 0 Å². The molecule has 1 aromatic rings. The highest BCUT2D eigenvalue weighted by Gasteiger charge is 2.40. The molecule has 1 aliphatic rings. The van der Waals surface area contributed by atoms with Gasteiger partial charge in [-0.2, -0.15) is 0 Å². The molecule has 19 heavy (non-hydrogen) atoms. The number of aromatic amines is 1. The number of nitrogens with one attached hydrogen (secondary N) is 2. The van der Waals surface area contributed by atoms with Gasteiger partial charge in [0.05, 0.1) is 6.10 Å². The lowest BCUT2D eigenvalue weighted by Gasteiger charge is -2.25. The van der Waals surface area contributed by atoms with Crippen LogP contribution in [0, 0.1) is 0 Å². The lowest BCUT2D eigenvalue weighted by atomic mass is 9.97. The number of ether oxygens (including phenoxy) is 1. The number of aliphatic hydroxyl groups is 1. The molecule has 0 aromatic carbocycles. The van der Waals surface area contributed by atoms with Gasteiger partial charge in [-0.1, -0.05) is 0 Å². The molecule has 1 fully saturated rings. The molecule has 2 unspecified atom stereocenters. The van der Waals surface area contributed by atoms with Gasteiger partial charge >= 0.3 is 0 Å². The second kappa shape index (κ2) is 5.04. The maximum atomic E-state index is 12.0. The first-order chi connectivity index (χ1) is 8.85. The molecule has 0 aliphatic carbocycles. The summed E-state index contributed by atoms with van der Waals surface area (Å²) in [6, 6.07) is 1.13. The molecule has 1 aromatic heterocycles. The Hall–Kier alpha value is -1.22. The van der Waals surface area contributed by atoms with Crippen molar-refractivity contribution in [3.63, 3.8) is 0 Å². The van der Waals surface area contributed by atoms with Crippen LogP contribution in [0.3, 0.4) is 0 Å². The van der Waals surface area contributed by atoms with Gasteiger partial charge in [-0.25, -0.2) is 13.1 Å². The monoisotopic (exact) mass is 288 g/mol. The number of rotatable bonds is 4. The number of sulfonamides is 1. The molecule has 106 valence electrons. The summed E-state index contributed by atoms with van der Waals surface area (Å²) in [5, 5.41) is 10.2. The van der Waals surface area contributed by atoms with E-state index in [0.29, 0.717) is 13.0 Å². The fraction of sp³-hybridized carbons (Fsp3) is 0.545. The Balaban J connectivity index is 2.15. The third-order valence-corrected chi connectivity index (χ3v) is 4.73. The minimum atomic E-state index is -3.95. The normalized spacial score (nSPS) is 27.6. The van der Waals surface area contributed by atoms with Crippen LogP contribution in [0.1, 0.15) is 13.3 Å². The van der Waals surface area contributed by atoms with Crippen LogP contribution in [0.2, 0.25) is 0 Å².